The van der Waals surface area contributed by atoms with Crippen LogP contribution >= 0.6 is 0 Å². The van der Waals surface area contributed by atoms with Gasteiger partial charge in [0.1, 0.15) is 6.61 Å². The molecule has 110 valence electrons. The summed E-state index contributed by atoms with van der Waals surface area (Å²) in [5, 5.41) is 8.68. The van der Waals surface area contributed by atoms with Crippen LogP contribution in [-0.2, 0) is 11.3 Å². The monoisotopic (exact) mass is 274 g/mol. The van der Waals surface area contributed by atoms with E-state index in [2.05, 4.69) is 18.8 Å². The zero-order valence-electron chi connectivity index (χ0n) is 12.5. The molecule has 2 nitrogen and oxygen atoms in total. The normalized spacial score (nSPS) is 10.1. The first-order valence-corrected chi connectivity index (χ1v) is 7.63. The molecule has 0 aliphatic rings. The molecular weight excluding hydrogens is 248 g/mol. The molecule has 0 aliphatic heterocycles. The van der Waals surface area contributed by atoms with Gasteiger partial charge in [-0.1, -0.05) is 63.0 Å². The molecule has 1 aromatic carbocycles. The molecule has 0 radical (unpaired) electrons. The third-order valence-electron chi connectivity index (χ3n) is 3.15. The van der Waals surface area contributed by atoms with Gasteiger partial charge in [0, 0.05) is 12.2 Å². The zero-order valence-corrected chi connectivity index (χ0v) is 12.5. The van der Waals surface area contributed by atoms with Crippen molar-refractivity contribution in [2.75, 3.05) is 13.2 Å². The summed E-state index contributed by atoms with van der Waals surface area (Å²) in [6.07, 6.45) is 7.73. The van der Waals surface area contributed by atoms with Crippen LogP contribution in [0.3, 0.4) is 0 Å². The van der Waals surface area contributed by atoms with E-state index in [0.717, 1.165) is 24.2 Å². The van der Waals surface area contributed by atoms with Gasteiger partial charge in [0.05, 0.1) is 6.61 Å². The molecule has 0 aliphatic carbocycles. The molecule has 1 rings (SSSR count). The van der Waals surface area contributed by atoms with Gasteiger partial charge in [-0.15, -0.1) is 0 Å². The van der Waals surface area contributed by atoms with Crippen molar-refractivity contribution in [1.29, 1.82) is 0 Å². The molecule has 0 atom stereocenters. The van der Waals surface area contributed by atoms with Crippen LogP contribution in [0.25, 0.3) is 0 Å². The van der Waals surface area contributed by atoms with E-state index in [1.807, 2.05) is 24.3 Å². The summed E-state index contributed by atoms with van der Waals surface area (Å²) in [6.45, 7) is 3.61. The molecule has 0 amide bonds. The van der Waals surface area contributed by atoms with Crippen molar-refractivity contribution < 1.29 is 9.84 Å². The Morgan fingerprint density at radius 3 is 2.70 bits per heavy atom. The van der Waals surface area contributed by atoms with Crippen LogP contribution in [0.15, 0.2) is 24.3 Å². The highest BCUT2D eigenvalue weighted by Crippen LogP contribution is 2.08. The quantitative estimate of drug-likeness (QED) is 0.546. The summed E-state index contributed by atoms with van der Waals surface area (Å²) in [5.41, 5.74) is 2.07. The van der Waals surface area contributed by atoms with Crippen molar-refractivity contribution in [3.63, 3.8) is 0 Å². The fourth-order valence-electron chi connectivity index (χ4n) is 2.05. The Kier molecular flexibility index (Phi) is 9.65. The summed E-state index contributed by atoms with van der Waals surface area (Å²) < 4.78 is 5.69. The van der Waals surface area contributed by atoms with E-state index in [1.54, 1.807) is 0 Å². The number of hydrogen-bond acceptors (Lipinski definition) is 2. The lowest BCUT2D eigenvalue weighted by Gasteiger charge is -2.05. The minimum atomic E-state index is -0.0985. The molecular formula is C18H26O2. The molecule has 0 saturated carbocycles. The minimum Gasteiger partial charge on any atom is -0.384 e. The number of rotatable bonds is 9. The van der Waals surface area contributed by atoms with Crippen LogP contribution in [0.2, 0.25) is 0 Å². The smallest absolute Gasteiger partial charge is 0.104 e. The van der Waals surface area contributed by atoms with Gasteiger partial charge in [0.25, 0.3) is 0 Å². The first-order chi connectivity index (χ1) is 9.86. The predicted octanol–water partition coefficient (Wildman–Crippen LogP) is 3.91. The van der Waals surface area contributed by atoms with Gasteiger partial charge in [-0.2, -0.15) is 0 Å². The second-order valence-corrected chi connectivity index (χ2v) is 4.98. The largest absolute Gasteiger partial charge is 0.384 e. The zero-order chi connectivity index (χ0) is 14.5. The van der Waals surface area contributed by atoms with E-state index in [9.17, 15) is 0 Å². The molecule has 0 aromatic heterocycles. The second-order valence-electron chi connectivity index (χ2n) is 4.98. The van der Waals surface area contributed by atoms with Crippen LogP contribution in [0.1, 0.15) is 56.6 Å². The molecule has 20 heavy (non-hydrogen) atoms. The lowest BCUT2D eigenvalue weighted by molar-refractivity contribution is 0.116. The fraction of sp³-hybridized carbons (Fsp3) is 0.556. The Hall–Kier alpha value is -1.30. The van der Waals surface area contributed by atoms with Crippen LogP contribution < -0.4 is 0 Å². The van der Waals surface area contributed by atoms with Gasteiger partial charge in [-0.05, 0) is 24.1 Å². The van der Waals surface area contributed by atoms with Crippen molar-refractivity contribution in [3.8, 4) is 11.8 Å². The molecule has 1 N–H and O–H groups in total. The van der Waals surface area contributed by atoms with Gasteiger partial charge in [-0.25, -0.2) is 0 Å². The van der Waals surface area contributed by atoms with Gasteiger partial charge >= 0.3 is 0 Å². The highest BCUT2D eigenvalue weighted by molar-refractivity contribution is 5.36. The Morgan fingerprint density at radius 2 is 1.90 bits per heavy atom. The summed E-state index contributed by atoms with van der Waals surface area (Å²) >= 11 is 0. The average molecular weight is 274 g/mol. The highest BCUT2D eigenvalue weighted by atomic mass is 16.5. The standard InChI is InChI=1S/C18H26O2/c1-2-3-4-5-6-7-14-20-16-18-11-8-10-17(15-18)12-9-13-19/h8,10-11,15,19H,2-7,13-14,16H2,1H3. The summed E-state index contributed by atoms with van der Waals surface area (Å²) in [4.78, 5) is 0. The molecule has 2 heteroatoms. The third-order valence-corrected chi connectivity index (χ3v) is 3.15. The molecule has 0 unspecified atom stereocenters. The van der Waals surface area contributed by atoms with E-state index in [-0.39, 0.29) is 6.61 Å². The number of aliphatic hydroxyl groups is 1. The number of benzene rings is 1. The second kappa shape index (κ2) is 11.5. The lowest BCUT2D eigenvalue weighted by atomic mass is 10.1. The molecule has 1 aromatic rings. The number of aliphatic hydroxyl groups excluding tert-OH is 1. The van der Waals surface area contributed by atoms with Crippen LogP contribution in [0.5, 0.6) is 0 Å². The van der Waals surface area contributed by atoms with Gasteiger partial charge in [-0.3, -0.25) is 0 Å². The van der Waals surface area contributed by atoms with Crippen LogP contribution in [0.4, 0.5) is 0 Å². The molecule has 0 saturated heterocycles. The number of hydrogen-bond donors (Lipinski definition) is 1. The Bertz CT molecular complexity index is 415. The Balaban J connectivity index is 2.15. The van der Waals surface area contributed by atoms with E-state index in [0.29, 0.717) is 6.61 Å². The molecule has 0 fully saturated rings. The first-order valence-electron chi connectivity index (χ1n) is 7.63. The van der Waals surface area contributed by atoms with E-state index >= 15 is 0 Å². The van der Waals surface area contributed by atoms with Crippen molar-refractivity contribution in [3.05, 3.63) is 35.4 Å². The van der Waals surface area contributed by atoms with Crippen LogP contribution in [-0.4, -0.2) is 18.3 Å². The SMILES string of the molecule is CCCCCCCCOCc1cccc(C#CCO)c1. The number of ether oxygens (including phenoxy) is 1. The first kappa shape index (κ1) is 16.8. The lowest BCUT2D eigenvalue weighted by Crippen LogP contribution is -1.96. The van der Waals surface area contributed by atoms with E-state index in [4.69, 9.17) is 9.84 Å². The maximum Gasteiger partial charge on any atom is 0.104 e. The maximum absolute atomic E-state index is 8.68. The third kappa shape index (κ3) is 7.99. The fourth-order valence-corrected chi connectivity index (χ4v) is 2.05. The van der Waals surface area contributed by atoms with E-state index < -0.39 is 0 Å². The highest BCUT2D eigenvalue weighted by Gasteiger charge is 1.95. The summed E-state index contributed by atoms with van der Waals surface area (Å²) in [6, 6.07) is 7.99. The van der Waals surface area contributed by atoms with Crippen molar-refractivity contribution in [2.45, 2.75) is 52.1 Å². The van der Waals surface area contributed by atoms with Crippen molar-refractivity contribution in [1.82, 2.24) is 0 Å². The van der Waals surface area contributed by atoms with Crippen molar-refractivity contribution in [2.24, 2.45) is 0 Å². The van der Waals surface area contributed by atoms with Crippen molar-refractivity contribution >= 4 is 0 Å². The molecule has 0 bridgehead atoms. The predicted molar refractivity (Wildman–Crippen MR) is 83.4 cm³/mol. The topological polar surface area (TPSA) is 29.5 Å². The maximum atomic E-state index is 8.68. The summed E-state index contributed by atoms with van der Waals surface area (Å²) in [7, 11) is 0. The van der Waals surface area contributed by atoms with Gasteiger partial charge in [0.2, 0.25) is 0 Å². The van der Waals surface area contributed by atoms with Gasteiger partial charge in [0.15, 0.2) is 0 Å². The van der Waals surface area contributed by atoms with E-state index in [1.165, 1.54) is 32.1 Å². The average Bonchev–Trinajstić information content (AvgIpc) is 2.48. The number of unbranched alkanes of at least 4 members (excludes halogenated alkanes) is 5. The van der Waals surface area contributed by atoms with Crippen LogP contribution in [0, 0.1) is 11.8 Å². The Labute approximate surface area is 123 Å². The Morgan fingerprint density at radius 1 is 1.10 bits per heavy atom. The molecule has 0 spiro atoms. The molecule has 0 heterocycles. The summed E-state index contributed by atoms with van der Waals surface area (Å²) in [5.74, 6) is 5.57. The minimum absolute atomic E-state index is 0.0985. The van der Waals surface area contributed by atoms with Gasteiger partial charge < -0.3 is 9.84 Å².